The van der Waals surface area contributed by atoms with Crippen LogP contribution < -0.4 is 20.3 Å². The van der Waals surface area contributed by atoms with Crippen molar-refractivity contribution in [2.75, 3.05) is 13.2 Å². The molecule has 30 heavy (non-hydrogen) atoms. The van der Waals surface area contributed by atoms with Gasteiger partial charge in [0, 0.05) is 0 Å². The molecule has 0 saturated heterocycles. The highest BCUT2D eigenvalue weighted by Gasteiger charge is 2.08. The maximum absolute atomic E-state index is 11.9. The highest BCUT2D eigenvalue weighted by Crippen LogP contribution is 2.22. The van der Waals surface area contributed by atoms with E-state index in [4.69, 9.17) is 9.47 Å². The normalized spacial score (nSPS) is 10.2. The molecular weight excluding hydrogens is 380 g/mol. The number of hydrazine groups is 1. The van der Waals surface area contributed by atoms with E-state index in [1.807, 2.05) is 74.5 Å². The topological polar surface area (TPSA) is 76.7 Å². The molecule has 6 heteroatoms. The summed E-state index contributed by atoms with van der Waals surface area (Å²) in [5, 5.41) is 0. The van der Waals surface area contributed by atoms with E-state index in [0.29, 0.717) is 11.5 Å². The zero-order valence-electron chi connectivity index (χ0n) is 17.0. The van der Waals surface area contributed by atoms with Gasteiger partial charge in [0.1, 0.15) is 11.5 Å². The lowest BCUT2D eigenvalue weighted by Gasteiger charge is -2.11. The Labute approximate surface area is 175 Å². The lowest BCUT2D eigenvalue weighted by atomic mass is 10.1. The van der Waals surface area contributed by atoms with Gasteiger partial charge in [-0.05, 0) is 54.3 Å². The molecule has 0 unspecified atom stereocenters. The molecule has 0 radical (unpaired) electrons. The van der Waals surface area contributed by atoms with Crippen LogP contribution in [0.25, 0.3) is 11.1 Å². The molecule has 6 nitrogen and oxygen atoms in total. The van der Waals surface area contributed by atoms with Crippen LogP contribution in [0.4, 0.5) is 0 Å². The Kier molecular flexibility index (Phi) is 7.05. The van der Waals surface area contributed by atoms with Crippen molar-refractivity contribution in [3.05, 3.63) is 83.9 Å². The number of rotatable bonds is 7. The lowest BCUT2D eigenvalue weighted by molar-refractivity contribution is -0.131. The van der Waals surface area contributed by atoms with Crippen LogP contribution in [-0.4, -0.2) is 25.0 Å². The number of hydrogen-bond acceptors (Lipinski definition) is 4. The largest absolute Gasteiger partial charge is 0.484 e. The molecule has 0 heterocycles. The third-order valence-corrected chi connectivity index (χ3v) is 4.38. The molecule has 0 fully saturated rings. The Balaban J connectivity index is 1.39. The second-order valence-corrected chi connectivity index (χ2v) is 6.83. The molecule has 3 rings (SSSR count). The van der Waals surface area contributed by atoms with E-state index >= 15 is 0 Å². The summed E-state index contributed by atoms with van der Waals surface area (Å²) in [4.78, 5) is 23.8. The quantitative estimate of drug-likeness (QED) is 0.590. The van der Waals surface area contributed by atoms with Crippen molar-refractivity contribution in [1.82, 2.24) is 10.9 Å². The van der Waals surface area contributed by atoms with E-state index in [2.05, 4.69) is 10.9 Å². The Morgan fingerprint density at radius 2 is 1.33 bits per heavy atom. The van der Waals surface area contributed by atoms with Gasteiger partial charge in [-0.3, -0.25) is 20.4 Å². The summed E-state index contributed by atoms with van der Waals surface area (Å²) in [6, 6.07) is 23.2. The van der Waals surface area contributed by atoms with Crippen LogP contribution in [0.5, 0.6) is 11.5 Å². The molecule has 0 bridgehead atoms. The first-order valence-electron chi connectivity index (χ1n) is 9.57. The average Bonchev–Trinajstić information content (AvgIpc) is 2.77. The summed E-state index contributed by atoms with van der Waals surface area (Å²) < 4.78 is 10.9. The highest BCUT2D eigenvalue weighted by molar-refractivity contribution is 5.83. The monoisotopic (exact) mass is 404 g/mol. The van der Waals surface area contributed by atoms with Gasteiger partial charge in [0.25, 0.3) is 11.8 Å². The van der Waals surface area contributed by atoms with E-state index in [1.54, 1.807) is 12.1 Å². The fourth-order valence-corrected chi connectivity index (χ4v) is 2.74. The molecule has 0 saturated carbocycles. The first-order chi connectivity index (χ1) is 14.5. The summed E-state index contributed by atoms with van der Waals surface area (Å²) in [6.45, 7) is 3.43. The minimum atomic E-state index is -0.470. The summed E-state index contributed by atoms with van der Waals surface area (Å²) in [5.41, 5.74) is 8.76. The number of hydrogen-bond donors (Lipinski definition) is 2. The Hall–Kier alpha value is -3.80. The van der Waals surface area contributed by atoms with E-state index in [0.717, 1.165) is 22.3 Å². The Morgan fingerprint density at radius 1 is 0.733 bits per heavy atom. The van der Waals surface area contributed by atoms with Crippen molar-refractivity contribution in [3.8, 4) is 22.6 Å². The fraction of sp³-hybridized carbons (Fsp3) is 0.167. The first kappa shape index (κ1) is 20.9. The molecular formula is C24H24N2O4. The van der Waals surface area contributed by atoms with Crippen molar-refractivity contribution < 1.29 is 19.1 Å². The smallest absolute Gasteiger partial charge is 0.276 e. The van der Waals surface area contributed by atoms with Gasteiger partial charge in [0.05, 0.1) is 0 Å². The highest BCUT2D eigenvalue weighted by atomic mass is 16.5. The maximum atomic E-state index is 11.9. The Morgan fingerprint density at radius 3 is 2.00 bits per heavy atom. The summed E-state index contributed by atoms with van der Waals surface area (Å²) in [5.74, 6) is 0.270. The number of carbonyl (C=O) groups excluding carboxylic acids is 2. The molecule has 0 aromatic heterocycles. The molecule has 154 valence electrons. The van der Waals surface area contributed by atoms with Crippen LogP contribution in [0.15, 0.2) is 72.8 Å². The van der Waals surface area contributed by atoms with Crippen LogP contribution in [-0.2, 0) is 9.59 Å². The van der Waals surface area contributed by atoms with E-state index in [-0.39, 0.29) is 13.2 Å². The van der Waals surface area contributed by atoms with Crippen molar-refractivity contribution >= 4 is 11.8 Å². The summed E-state index contributed by atoms with van der Waals surface area (Å²) in [7, 11) is 0. The number of carbonyl (C=O) groups is 2. The fourth-order valence-electron chi connectivity index (χ4n) is 2.74. The number of benzene rings is 3. The minimum Gasteiger partial charge on any atom is -0.484 e. The summed E-state index contributed by atoms with van der Waals surface area (Å²) >= 11 is 0. The molecule has 0 aliphatic heterocycles. The minimum absolute atomic E-state index is 0.202. The van der Waals surface area contributed by atoms with Crippen LogP contribution in [0.3, 0.4) is 0 Å². The van der Waals surface area contributed by atoms with E-state index < -0.39 is 11.8 Å². The zero-order valence-corrected chi connectivity index (χ0v) is 17.0. The number of amides is 2. The third kappa shape index (κ3) is 6.10. The van der Waals surface area contributed by atoms with Gasteiger partial charge in [-0.25, -0.2) is 0 Å². The SMILES string of the molecule is Cc1ccc(C)c(OCC(=O)NNC(=O)COc2ccc(-c3ccccc3)cc2)c1. The summed E-state index contributed by atoms with van der Waals surface area (Å²) in [6.07, 6.45) is 0. The van der Waals surface area contributed by atoms with Gasteiger partial charge in [0.2, 0.25) is 0 Å². The molecule has 0 spiro atoms. The molecule has 3 aromatic carbocycles. The first-order valence-corrected chi connectivity index (χ1v) is 9.57. The standard InChI is InChI=1S/C24H24N2O4/c1-17-8-9-18(2)22(14-17)30-16-24(28)26-25-23(27)15-29-21-12-10-20(11-13-21)19-6-4-3-5-7-19/h3-14H,15-16H2,1-2H3,(H,25,27)(H,26,28). The average molecular weight is 404 g/mol. The van der Waals surface area contributed by atoms with E-state index in [9.17, 15) is 9.59 Å². The third-order valence-electron chi connectivity index (χ3n) is 4.38. The number of nitrogens with one attached hydrogen (secondary N) is 2. The van der Waals surface area contributed by atoms with Crippen LogP contribution in [0.1, 0.15) is 11.1 Å². The van der Waals surface area contributed by atoms with Crippen molar-refractivity contribution in [3.63, 3.8) is 0 Å². The van der Waals surface area contributed by atoms with Crippen LogP contribution >= 0.6 is 0 Å². The second-order valence-electron chi connectivity index (χ2n) is 6.83. The molecule has 2 amide bonds. The molecule has 3 aromatic rings. The Bertz CT molecular complexity index is 1000. The number of aryl methyl sites for hydroxylation is 2. The van der Waals surface area contributed by atoms with Crippen LogP contribution in [0.2, 0.25) is 0 Å². The molecule has 0 aliphatic carbocycles. The van der Waals surface area contributed by atoms with Gasteiger partial charge in [-0.15, -0.1) is 0 Å². The van der Waals surface area contributed by atoms with Crippen molar-refractivity contribution in [1.29, 1.82) is 0 Å². The van der Waals surface area contributed by atoms with Gasteiger partial charge in [0.15, 0.2) is 13.2 Å². The maximum Gasteiger partial charge on any atom is 0.276 e. The van der Waals surface area contributed by atoms with Gasteiger partial charge < -0.3 is 9.47 Å². The molecule has 0 atom stereocenters. The predicted molar refractivity (Wildman–Crippen MR) is 115 cm³/mol. The van der Waals surface area contributed by atoms with Crippen molar-refractivity contribution in [2.45, 2.75) is 13.8 Å². The van der Waals surface area contributed by atoms with Gasteiger partial charge in [-0.1, -0.05) is 54.6 Å². The number of ether oxygens (including phenoxy) is 2. The van der Waals surface area contributed by atoms with Gasteiger partial charge in [-0.2, -0.15) is 0 Å². The zero-order chi connectivity index (χ0) is 21.3. The van der Waals surface area contributed by atoms with Crippen LogP contribution in [0, 0.1) is 13.8 Å². The second kappa shape index (κ2) is 10.1. The lowest BCUT2D eigenvalue weighted by Crippen LogP contribution is -2.45. The van der Waals surface area contributed by atoms with Crippen molar-refractivity contribution in [2.24, 2.45) is 0 Å². The van der Waals surface area contributed by atoms with E-state index in [1.165, 1.54) is 0 Å². The molecule has 2 N–H and O–H groups in total. The predicted octanol–water partition coefficient (Wildman–Crippen LogP) is 3.58. The van der Waals surface area contributed by atoms with Gasteiger partial charge >= 0.3 is 0 Å². The molecule has 0 aliphatic rings.